The molecule has 1 aromatic rings. The number of hydrogen-bond donors (Lipinski definition) is 1. The molecule has 0 spiro atoms. The van der Waals surface area contributed by atoms with Crippen LogP contribution in [-0.2, 0) is 0 Å². The van der Waals surface area contributed by atoms with Crippen LogP contribution < -0.4 is 0 Å². The molecule has 1 aromatic heterocycles. The van der Waals surface area contributed by atoms with Crippen LogP contribution in [0.15, 0.2) is 6.07 Å². The van der Waals surface area contributed by atoms with Gasteiger partial charge < -0.3 is 5.11 Å². The maximum atomic E-state index is 12.5. The Labute approximate surface area is 92.3 Å². The monoisotopic (exact) mass is 313 g/mol. The molecule has 0 aliphatic rings. The highest BCUT2D eigenvalue weighted by molar-refractivity contribution is 14.1. The van der Waals surface area contributed by atoms with Gasteiger partial charge in [0.05, 0.1) is 11.1 Å². The van der Waals surface area contributed by atoms with Crippen molar-refractivity contribution in [1.82, 2.24) is 4.98 Å². The molecule has 0 aliphatic heterocycles. The summed E-state index contributed by atoms with van der Waals surface area (Å²) in [7, 11) is 0. The Kier molecular flexibility index (Phi) is 3.35. The summed E-state index contributed by atoms with van der Waals surface area (Å²) in [4.78, 5) is 14.4. The van der Waals surface area contributed by atoms with E-state index in [2.05, 4.69) is 4.98 Å². The number of carbonyl (C=O) groups is 1. The van der Waals surface area contributed by atoms with Crippen LogP contribution in [0.1, 0.15) is 28.0 Å². The number of rotatable bonds is 2. The van der Waals surface area contributed by atoms with Crippen molar-refractivity contribution >= 4 is 28.6 Å². The Morgan fingerprint density at radius 3 is 2.64 bits per heavy atom. The number of aromatic carboxylic acids is 1. The molecule has 0 amide bonds. The normalized spacial score (nSPS) is 10.6. The van der Waals surface area contributed by atoms with Crippen molar-refractivity contribution in [3.05, 3.63) is 26.6 Å². The number of hydrogen-bond acceptors (Lipinski definition) is 2. The number of carboxylic acids is 1. The van der Waals surface area contributed by atoms with Gasteiger partial charge in [-0.15, -0.1) is 0 Å². The quantitative estimate of drug-likeness (QED) is 0.674. The average molecular weight is 313 g/mol. The maximum absolute atomic E-state index is 12.5. The number of aryl methyl sites for hydroxylation is 1. The van der Waals surface area contributed by atoms with Crippen molar-refractivity contribution in [3.63, 3.8) is 0 Å². The molecular formula is C8H6F2INO2. The summed E-state index contributed by atoms with van der Waals surface area (Å²) >= 11 is 1.79. The lowest BCUT2D eigenvalue weighted by atomic mass is 10.1. The summed E-state index contributed by atoms with van der Waals surface area (Å²) in [5.74, 6) is -1.36. The lowest BCUT2D eigenvalue weighted by Crippen LogP contribution is -2.07. The molecular weight excluding hydrogens is 307 g/mol. The summed E-state index contributed by atoms with van der Waals surface area (Å²) in [6.45, 7) is 1.37. The van der Waals surface area contributed by atoms with Crippen LogP contribution in [-0.4, -0.2) is 16.1 Å². The molecule has 0 atom stereocenters. The Bertz CT molecular complexity index is 382. The van der Waals surface area contributed by atoms with Gasteiger partial charge in [-0.2, -0.15) is 0 Å². The minimum Gasteiger partial charge on any atom is -0.478 e. The first-order valence-corrected chi connectivity index (χ1v) is 4.70. The molecule has 0 saturated carbocycles. The number of halogens is 3. The van der Waals surface area contributed by atoms with E-state index < -0.39 is 18.0 Å². The molecule has 0 saturated heterocycles. The molecule has 1 heterocycles. The average Bonchev–Trinajstić information content (AvgIpc) is 2.01. The topological polar surface area (TPSA) is 50.2 Å². The third-order valence-electron chi connectivity index (χ3n) is 1.67. The summed E-state index contributed by atoms with van der Waals surface area (Å²) in [6.07, 6.45) is -2.81. The van der Waals surface area contributed by atoms with Gasteiger partial charge in [-0.25, -0.2) is 18.6 Å². The van der Waals surface area contributed by atoms with Gasteiger partial charge in [0.15, 0.2) is 0 Å². The van der Waals surface area contributed by atoms with Gasteiger partial charge in [-0.05, 0) is 35.6 Å². The highest BCUT2D eigenvalue weighted by atomic mass is 127. The molecule has 0 aromatic carbocycles. The van der Waals surface area contributed by atoms with Crippen LogP contribution in [0, 0.1) is 10.6 Å². The van der Waals surface area contributed by atoms with E-state index in [1.165, 1.54) is 6.92 Å². The number of alkyl halides is 2. The van der Waals surface area contributed by atoms with E-state index in [-0.39, 0.29) is 11.3 Å². The third-order valence-corrected chi connectivity index (χ3v) is 2.22. The Morgan fingerprint density at radius 1 is 1.64 bits per heavy atom. The molecule has 0 fully saturated rings. The second-order valence-electron chi connectivity index (χ2n) is 2.60. The molecule has 0 aliphatic carbocycles. The molecule has 1 N–H and O–H groups in total. The first-order chi connectivity index (χ1) is 6.43. The molecule has 14 heavy (non-hydrogen) atoms. The molecule has 0 radical (unpaired) electrons. The number of carboxylic acid groups (broad SMARTS) is 1. The van der Waals surface area contributed by atoms with Crippen LogP contribution in [0.4, 0.5) is 8.78 Å². The van der Waals surface area contributed by atoms with Crippen molar-refractivity contribution in [3.8, 4) is 0 Å². The summed E-state index contributed by atoms with van der Waals surface area (Å²) in [5, 5.41) is 8.70. The van der Waals surface area contributed by atoms with E-state index in [1.807, 2.05) is 0 Å². The molecule has 0 unspecified atom stereocenters. The Balaban J connectivity index is 3.44. The third kappa shape index (κ3) is 2.17. The molecule has 0 bridgehead atoms. The van der Waals surface area contributed by atoms with Gasteiger partial charge in [-0.1, -0.05) is 0 Å². The Morgan fingerprint density at radius 2 is 2.21 bits per heavy atom. The van der Waals surface area contributed by atoms with E-state index in [4.69, 9.17) is 5.11 Å². The van der Waals surface area contributed by atoms with Gasteiger partial charge in [0.25, 0.3) is 6.43 Å². The molecule has 76 valence electrons. The fourth-order valence-electron chi connectivity index (χ4n) is 1.10. The highest BCUT2D eigenvalue weighted by Gasteiger charge is 2.21. The number of aromatic nitrogens is 1. The van der Waals surface area contributed by atoms with Gasteiger partial charge in [0.2, 0.25) is 0 Å². The SMILES string of the molecule is Cc1nc(I)cc(C(=O)O)c1C(F)F. The van der Waals surface area contributed by atoms with Gasteiger partial charge in [0.1, 0.15) is 3.70 Å². The fraction of sp³-hybridized carbons (Fsp3) is 0.250. The summed E-state index contributed by atoms with van der Waals surface area (Å²) < 4.78 is 25.3. The smallest absolute Gasteiger partial charge is 0.336 e. The zero-order valence-corrected chi connectivity index (χ0v) is 9.25. The van der Waals surface area contributed by atoms with Crippen LogP contribution >= 0.6 is 22.6 Å². The first-order valence-electron chi connectivity index (χ1n) is 3.62. The van der Waals surface area contributed by atoms with Gasteiger partial charge >= 0.3 is 5.97 Å². The second-order valence-corrected chi connectivity index (χ2v) is 3.70. The predicted octanol–water partition coefficient (Wildman–Crippen LogP) is 2.63. The van der Waals surface area contributed by atoms with Crippen LogP contribution in [0.3, 0.4) is 0 Å². The minimum absolute atomic E-state index is 0.0595. The van der Waals surface area contributed by atoms with Crippen molar-refractivity contribution in [2.24, 2.45) is 0 Å². The summed E-state index contributed by atoms with van der Waals surface area (Å²) in [5.41, 5.74) is -0.820. The largest absolute Gasteiger partial charge is 0.478 e. The fourth-order valence-corrected chi connectivity index (χ4v) is 1.77. The molecule has 1 rings (SSSR count). The van der Waals surface area contributed by atoms with E-state index >= 15 is 0 Å². The minimum atomic E-state index is -2.81. The molecule has 6 heteroatoms. The van der Waals surface area contributed by atoms with E-state index in [0.29, 0.717) is 3.70 Å². The lowest BCUT2D eigenvalue weighted by molar-refractivity contribution is 0.0683. The van der Waals surface area contributed by atoms with Gasteiger partial charge in [-0.3, -0.25) is 0 Å². The predicted molar refractivity (Wildman–Crippen MR) is 53.6 cm³/mol. The second kappa shape index (κ2) is 4.16. The zero-order valence-electron chi connectivity index (χ0n) is 7.09. The number of pyridine rings is 1. The Hall–Kier alpha value is -0.790. The maximum Gasteiger partial charge on any atom is 0.336 e. The summed E-state index contributed by atoms with van der Waals surface area (Å²) in [6, 6.07) is 1.14. The van der Waals surface area contributed by atoms with Crippen LogP contribution in [0.25, 0.3) is 0 Å². The van der Waals surface area contributed by atoms with Crippen molar-refractivity contribution in [1.29, 1.82) is 0 Å². The first kappa shape index (κ1) is 11.3. The van der Waals surface area contributed by atoms with Crippen molar-refractivity contribution in [2.45, 2.75) is 13.3 Å². The van der Waals surface area contributed by atoms with Crippen LogP contribution in [0.5, 0.6) is 0 Å². The van der Waals surface area contributed by atoms with E-state index in [0.717, 1.165) is 6.07 Å². The molecule has 3 nitrogen and oxygen atoms in total. The van der Waals surface area contributed by atoms with E-state index in [1.54, 1.807) is 22.6 Å². The lowest BCUT2D eigenvalue weighted by Gasteiger charge is -2.08. The van der Waals surface area contributed by atoms with Crippen molar-refractivity contribution < 1.29 is 18.7 Å². The number of nitrogens with zero attached hydrogens (tertiary/aromatic N) is 1. The van der Waals surface area contributed by atoms with Crippen LogP contribution in [0.2, 0.25) is 0 Å². The van der Waals surface area contributed by atoms with Crippen molar-refractivity contribution in [2.75, 3.05) is 0 Å². The highest BCUT2D eigenvalue weighted by Crippen LogP contribution is 2.26. The van der Waals surface area contributed by atoms with Gasteiger partial charge in [0, 0.05) is 5.69 Å². The van der Waals surface area contributed by atoms with E-state index in [9.17, 15) is 13.6 Å². The zero-order chi connectivity index (χ0) is 10.9. The standard InChI is InChI=1S/C8H6F2INO2/c1-3-6(7(9)10)4(8(13)14)2-5(11)12-3/h2,7H,1H3,(H,13,14).